The van der Waals surface area contributed by atoms with Crippen LogP contribution in [0.1, 0.15) is 36.4 Å². The second-order valence-corrected chi connectivity index (χ2v) is 4.70. The number of nitrogens with one attached hydrogen (secondary N) is 1. The number of carbonyl (C=O) groups is 2. The molecule has 0 saturated heterocycles. The Bertz CT molecular complexity index is 412. The lowest BCUT2D eigenvalue weighted by atomic mass is 10.2. The molecule has 1 amide bonds. The molecule has 0 fully saturated rings. The molecule has 2 N–H and O–H groups in total. The summed E-state index contributed by atoms with van der Waals surface area (Å²) in [6.45, 7) is 3.83. The molecular formula is C12H17NO4S. The average Bonchev–Trinajstić information content (AvgIpc) is 2.81. The zero-order valence-electron chi connectivity index (χ0n) is 10.4. The van der Waals surface area contributed by atoms with Crippen LogP contribution in [0.5, 0.6) is 5.75 Å². The highest BCUT2D eigenvalue weighted by Crippen LogP contribution is 2.24. The van der Waals surface area contributed by atoms with Crippen molar-refractivity contribution in [3.63, 3.8) is 0 Å². The highest BCUT2D eigenvalue weighted by Gasteiger charge is 2.15. The van der Waals surface area contributed by atoms with Crippen molar-refractivity contribution in [3.8, 4) is 5.75 Å². The molecule has 18 heavy (non-hydrogen) atoms. The van der Waals surface area contributed by atoms with Gasteiger partial charge in [0.05, 0.1) is 0 Å². The van der Waals surface area contributed by atoms with E-state index in [1.165, 1.54) is 0 Å². The van der Waals surface area contributed by atoms with E-state index in [0.29, 0.717) is 0 Å². The van der Waals surface area contributed by atoms with Gasteiger partial charge in [0.2, 0.25) is 0 Å². The summed E-state index contributed by atoms with van der Waals surface area (Å²) >= 11 is 1.08. The number of carboxylic acid groups (broad SMARTS) is 1. The minimum atomic E-state index is -1.04. The molecule has 0 aliphatic rings. The summed E-state index contributed by atoms with van der Waals surface area (Å²) in [5.74, 6) is -1.03. The van der Waals surface area contributed by atoms with E-state index in [9.17, 15) is 9.59 Å². The van der Waals surface area contributed by atoms with Crippen molar-refractivity contribution in [2.45, 2.75) is 32.7 Å². The van der Waals surface area contributed by atoms with Gasteiger partial charge in [0.15, 0.2) is 11.5 Å². The fourth-order valence-corrected chi connectivity index (χ4v) is 2.14. The van der Waals surface area contributed by atoms with Crippen LogP contribution >= 0.6 is 11.3 Å². The van der Waals surface area contributed by atoms with E-state index in [2.05, 4.69) is 5.32 Å². The van der Waals surface area contributed by atoms with Gasteiger partial charge in [0.25, 0.3) is 5.91 Å². The Morgan fingerprint density at radius 3 is 2.67 bits per heavy atom. The highest BCUT2D eigenvalue weighted by molar-refractivity contribution is 7.12. The number of hydrogen-bond acceptors (Lipinski definition) is 4. The third kappa shape index (κ3) is 4.03. The number of aromatic carboxylic acids is 1. The first-order chi connectivity index (χ1) is 8.58. The third-order valence-corrected chi connectivity index (χ3v) is 3.42. The monoisotopic (exact) mass is 271 g/mol. The van der Waals surface area contributed by atoms with E-state index >= 15 is 0 Å². The molecule has 1 rings (SSSR count). The second-order valence-electron chi connectivity index (χ2n) is 3.79. The second kappa shape index (κ2) is 7.00. The molecule has 0 radical (unpaired) electrons. The van der Waals surface area contributed by atoms with E-state index in [1.54, 1.807) is 11.4 Å². The van der Waals surface area contributed by atoms with Crippen LogP contribution in [-0.2, 0) is 4.79 Å². The van der Waals surface area contributed by atoms with E-state index in [1.807, 2.05) is 13.8 Å². The number of hydrogen-bond donors (Lipinski definition) is 2. The summed E-state index contributed by atoms with van der Waals surface area (Å²) in [5, 5.41) is 13.3. The molecular weight excluding hydrogens is 254 g/mol. The predicted molar refractivity (Wildman–Crippen MR) is 69.3 cm³/mol. The van der Waals surface area contributed by atoms with Gasteiger partial charge in [-0.25, -0.2) is 4.79 Å². The maximum absolute atomic E-state index is 11.6. The van der Waals surface area contributed by atoms with Gasteiger partial charge >= 0.3 is 5.97 Å². The number of thiophene rings is 1. The molecule has 5 nitrogen and oxygen atoms in total. The molecule has 1 aromatic rings. The van der Waals surface area contributed by atoms with Gasteiger partial charge in [-0.05, 0) is 24.3 Å². The van der Waals surface area contributed by atoms with Gasteiger partial charge in [0, 0.05) is 6.04 Å². The largest absolute Gasteiger partial charge is 0.482 e. The number of amides is 1. The fraction of sp³-hybridized carbons (Fsp3) is 0.500. The van der Waals surface area contributed by atoms with Crippen LogP contribution in [0, 0.1) is 0 Å². The van der Waals surface area contributed by atoms with Gasteiger partial charge in [-0.1, -0.05) is 13.8 Å². The Kier molecular flexibility index (Phi) is 5.64. The Hall–Kier alpha value is -1.56. The Morgan fingerprint density at radius 1 is 1.44 bits per heavy atom. The SMILES string of the molecule is CCC(CC)NC(=O)COc1ccsc1C(=O)O. The molecule has 0 saturated carbocycles. The lowest BCUT2D eigenvalue weighted by Gasteiger charge is -2.14. The minimum absolute atomic E-state index is 0.116. The van der Waals surface area contributed by atoms with Crippen molar-refractivity contribution >= 4 is 23.2 Å². The zero-order valence-corrected chi connectivity index (χ0v) is 11.3. The number of carbonyl (C=O) groups excluding carboxylic acids is 1. The fourth-order valence-electron chi connectivity index (χ4n) is 1.47. The van der Waals surface area contributed by atoms with Crippen LogP contribution < -0.4 is 10.1 Å². The van der Waals surface area contributed by atoms with Gasteiger partial charge in [-0.2, -0.15) is 0 Å². The summed E-state index contributed by atoms with van der Waals surface area (Å²) in [5.41, 5.74) is 0. The maximum Gasteiger partial charge on any atom is 0.349 e. The van der Waals surface area contributed by atoms with Crippen molar-refractivity contribution in [1.29, 1.82) is 0 Å². The molecule has 0 aromatic carbocycles. The van der Waals surface area contributed by atoms with E-state index in [4.69, 9.17) is 9.84 Å². The molecule has 1 heterocycles. The van der Waals surface area contributed by atoms with Crippen molar-refractivity contribution in [3.05, 3.63) is 16.3 Å². The van der Waals surface area contributed by atoms with E-state index < -0.39 is 5.97 Å². The molecule has 0 bridgehead atoms. The van der Waals surface area contributed by atoms with Gasteiger partial charge in [-0.15, -0.1) is 11.3 Å². The first kappa shape index (κ1) is 14.5. The van der Waals surface area contributed by atoms with E-state index in [0.717, 1.165) is 24.2 Å². The van der Waals surface area contributed by atoms with Crippen LogP contribution in [0.25, 0.3) is 0 Å². The lowest BCUT2D eigenvalue weighted by Crippen LogP contribution is -2.37. The highest BCUT2D eigenvalue weighted by atomic mass is 32.1. The van der Waals surface area contributed by atoms with E-state index in [-0.39, 0.29) is 29.2 Å². The molecule has 100 valence electrons. The molecule has 0 aliphatic heterocycles. The van der Waals surface area contributed by atoms with Crippen LogP contribution in [0.2, 0.25) is 0 Å². The van der Waals surface area contributed by atoms with Gasteiger partial charge in [0.1, 0.15) is 5.75 Å². The van der Waals surface area contributed by atoms with Crippen LogP contribution in [0.15, 0.2) is 11.4 Å². The summed E-state index contributed by atoms with van der Waals surface area (Å²) in [7, 11) is 0. The Labute approximate surface area is 110 Å². The number of ether oxygens (including phenoxy) is 1. The molecule has 0 spiro atoms. The first-order valence-corrected chi connectivity index (χ1v) is 6.69. The lowest BCUT2D eigenvalue weighted by molar-refractivity contribution is -0.123. The van der Waals surface area contributed by atoms with Gasteiger partial charge in [-0.3, -0.25) is 4.79 Å². The van der Waals surface area contributed by atoms with Crippen molar-refractivity contribution < 1.29 is 19.4 Å². The molecule has 1 aromatic heterocycles. The molecule has 0 unspecified atom stereocenters. The predicted octanol–water partition coefficient (Wildman–Crippen LogP) is 2.13. The minimum Gasteiger partial charge on any atom is -0.482 e. The third-order valence-electron chi connectivity index (χ3n) is 2.53. The summed E-state index contributed by atoms with van der Waals surface area (Å²) in [4.78, 5) is 22.5. The molecule has 0 atom stereocenters. The molecule has 6 heteroatoms. The first-order valence-electron chi connectivity index (χ1n) is 5.81. The smallest absolute Gasteiger partial charge is 0.349 e. The Balaban J connectivity index is 2.47. The summed E-state index contributed by atoms with van der Waals surface area (Å²) < 4.78 is 5.21. The zero-order chi connectivity index (χ0) is 13.5. The van der Waals surface area contributed by atoms with Crippen LogP contribution in [-0.4, -0.2) is 29.6 Å². The quantitative estimate of drug-likeness (QED) is 0.796. The van der Waals surface area contributed by atoms with Gasteiger partial charge < -0.3 is 15.2 Å². The van der Waals surface area contributed by atoms with Crippen molar-refractivity contribution in [2.75, 3.05) is 6.61 Å². The number of carboxylic acids is 1. The Morgan fingerprint density at radius 2 is 2.11 bits per heavy atom. The summed E-state index contributed by atoms with van der Waals surface area (Å²) in [6, 6.07) is 1.70. The summed E-state index contributed by atoms with van der Waals surface area (Å²) in [6.07, 6.45) is 1.72. The standard InChI is InChI=1S/C12H17NO4S/c1-3-8(4-2)13-10(14)7-17-9-5-6-18-11(9)12(15)16/h5-6,8H,3-4,7H2,1-2H3,(H,13,14)(H,15,16). The maximum atomic E-state index is 11.6. The number of rotatable bonds is 7. The van der Waals surface area contributed by atoms with Crippen LogP contribution in [0.4, 0.5) is 0 Å². The molecule has 0 aliphatic carbocycles. The topological polar surface area (TPSA) is 75.6 Å². The normalized spacial score (nSPS) is 10.4. The van der Waals surface area contributed by atoms with Crippen molar-refractivity contribution in [2.24, 2.45) is 0 Å². The average molecular weight is 271 g/mol. The van der Waals surface area contributed by atoms with Crippen LogP contribution in [0.3, 0.4) is 0 Å². The van der Waals surface area contributed by atoms with Crippen molar-refractivity contribution in [1.82, 2.24) is 5.32 Å².